The minimum atomic E-state index is 0.746. The normalized spacial score (nSPS) is 12.0. The van der Waals surface area contributed by atoms with Crippen LogP contribution in [0.25, 0.3) is 0 Å². The molecule has 1 rings (SSSR count). The molecule has 2 nitrogen and oxygen atoms in total. The molecule has 0 amide bonds. The summed E-state index contributed by atoms with van der Waals surface area (Å²) in [6.45, 7) is 0. The summed E-state index contributed by atoms with van der Waals surface area (Å²) in [6, 6.07) is 8.04. The Labute approximate surface area is 127 Å². The summed E-state index contributed by atoms with van der Waals surface area (Å²) in [7, 11) is 0. The molecule has 20 heavy (non-hydrogen) atoms. The van der Waals surface area contributed by atoms with Crippen LogP contribution in [0.4, 0.5) is 0 Å². The van der Waals surface area contributed by atoms with Crippen molar-refractivity contribution in [1.29, 1.82) is 0 Å². The van der Waals surface area contributed by atoms with Crippen LogP contribution in [0.5, 0.6) is 0 Å². The van der Waals surface area contributed by atoms with Gasteiger partial charge in [0, 0.05) is 9.79 Å². The molecule has 1 aromatic carbocycles. The van der Waals surface area contributed by atoms with Gasteiger partial charge < -0.3 is 0 Å². The highest BCUT2D eigenvalue weighted by Gasteiger charge is 1.98. The Kier molecular flexibility index (Phi) is 9.02. The standard InChI is InChI=1S/C16H14O2S2/c17-11-5-1-7-13-19-15-9-3-4-10-16(15)20-14-8-2-6-12-18/h1-14H/b5-1+,6-2+,13-7+,14-8+. The maximum absolute atomic E-state index is 10.1. The third-order valence-corrected chi connectivity index (χ3v) is 3.93. The molecular formula is C16H14O2S2. The molecule has 0 aliphatic rings. The van der Waals surface area contributed by atoms with Gasteiger partial charge in [0.05, 0.1) is 0 Å². The summed E-state index contributed by atoms with van der Waals surface area (Å²) < 4.78 is 0. The molecule has 0 N–H and O–H groups in total. The average molecular weight is 302 g/mol. The Hall–Kier alpha value is -1.78. The number of hydrogen-bond acceptors (Lipinski definition) is 4. The Balaban J connectivity index is 2.63. The van der Waals surface area contributed by atoms with Gasteiger partial charge in [0.25, 0.3) is 0 Å². The van der Waals surface area contributed by atoms with Gasteiger partial charge >= 0.3 is 0 Å². The minimum Gasteiger partial charge on any atom is -0.299 e. The molecule has 0 aliphatic heterocycles. The van der Waals surface area contributed by atoms with Crippen molar-refractivity contribution in [3.05, 3.63) is 71.5 Å². The van der Waals surface area contributed by atoms with Gasteiger partial charge in [-0.25, -0.2) is 0 Å². The third kappa shape index (κ3) is 6.97. The molecule has 0 radical (unpaired) electrons. The average Bonchev–Trinajstić information content (AvgIpc) is 2.48. The fraction of sp³-hybridized carbons (Fsp3) is 0. The van der Waals surface area contributed by atoms with Gasteiger partial charge in [-0.2, -0.15) is 0 Å². The number of carbonyl (C=O) groups excluding carboxylic acids is 2. The number of benzene rings is 1. The van der Waals surface area contributed by atoms with Crippen molar-refractivity contribution in [3.63, 3.8) is 0 Å². The Morgan fingerprint density at radius 1 is 0.650 bits per heavy atom. The van der Waals surface area contributed by atoms with Crippen molar-refractivity contribution in [2.24, 2.45) is 0 Å². The molecule has 0 unspecified atom stereocenters. The van der Waals surface area contributed by atoms with Crippen molar-refractivity contribution in [3.8, 4) is 0 Å². The van der Waals surface area contributed by atoms with Crippen molar-refractivity contribution in [2.45, 2.75) is 9.79 Å². The monoisotopic (exact) mass is 302 g/mol. The first-order valence-corrected chi connectivity index (χ1v) is 7.60. The molecule has 0 aromatic heterocycles. The van der Waals surface area contributed by atoms with Gasteiger partial charge in [-0.1, -0.05) is 60.0 Å². The van der Waals surface area contributed by atoms with E-state index in [0.717, 1.165) is 22.4 Å². The maximum atomic E-state index is 10.1. The zero-order chi connectivity index (χ0) is 14.5. The van der Waals surface area contributed by atoms with Crippen molar-refractivity contribution in [1.82, 2.24) is 0 Å². The molecule has 0 bridgehead atoms. The lowest BCUT2D eigenvalue weighted by Gasteiger charge is -2.03. The van der Waals surface area contributed by atoms with E-state index in [1.54, 1.807) is 35.7 Å². The summed E-state index contributed by atoms with van der Waals surface area (Å²) in [5.41, 5.74) is 0. The van der Waals surface area contributed by atoms with Crippen LogP contribution in [0.1, 0.15) is 0 Å². The Bertz CT molecular complexity index is 494. The van der Waals surface area contributed by atoms with Gasteiger partial charge in [0.1, 0.15) is 12.6 Å². The Morgan fingerprint density at radius 3 is 1.50 bits per heavy atom. The van der Waals surface area contributed by atoms with Crippen molar-refractivity contribution in [2.75, 3.05) is 0 Å². The largest absolute Gasteiger partial charge is 0.299 e. The van der Waals surface area contributed by atoms with Crippen LogP contribution in [-0.4, -0.2) is 12.6 Å². The maximum Gasteiger partial charge on any atom is 0.142 e. The molecule has 0 spiro atoms. The number of rotatable bonds is 8. The van der Waals surface area contributed by atoms with Crippen LogP contribution in [-0.2, 0) is 9.59 Å². The highest BCUT2D eigenvalue weighted by atomic mass is 32.2. The molecule has 1 aromatic rings. The minimum absolute atomic E-state index is 0.746. The molecule has 0 aliphatic carbocycles. The molecule has 0 heterocycles. The van der Waals surface area contributed by atoms with Gasteiger partial charge in [-0.3, -0.25) is 9.59 Å². The van der Waals surface area contributed by atoms with E-state index in [1.165, 1.54) is 12.2 Å². The fourth-order valence-electron chi connectivity index (χ4n) is 1.18. The van der Waals surface area contributed by atoms with E-state index in [9.17, 15) is 9.59 Å². The van der Waals surface area contributed by atoms with Gasteiger partial charge in [0.15, 0.2) is 0 Å². The van der Waals surface area contributed by atoms with Crippen molar-refractivity contribution >= 4 is 36.1 Å². The number of thioether (sulfide) groups is 2. The smallest absolute Gasteiger partial charge is 0.142 e. The van der Waals surface area contributed by atoms with E-state index < -0.39 is 0 Å². The highest BCUT2D eigenvalue weighted by Crippen LogP contribution is 2.31. The van der Waals surface area contributed by atoms with E-state index in [2.05, 4.69) is 0 Å². The number of carbonyl (C=O) groups is 2. The molecule has 0 saturated heterocycles. The van der Waals surface area contributed by atoms with Crippen molar-refractivity contribution < 1.29 is 9.59 Å². The molecule has 0 atom stereocenters. The zero-order valence-electron chi connectivity index (χ0n) is 10.7. The molecule has 0 fully saturated rings. The highest BCUT2D eigenvalue weighted by molar-refractivity contribution is 8.05. The predicted octanol–water partition coefficient (Wildman–Crippen LogP) is 4.41. The number of allylic oxidation sites excluding steroid dienone is 6. The third-order valence-electron chi connectivity index (χ3n) is 2.00. The summed E-state index contributed by atoms with van der Waals surface area (Å²) in [6.07, 6.45) is 11.4. The molecule has 4 heteroatoms. The molecular weight excluding hydrogens is 288 g/mol. The lowest BCUT2D eigenvalue weighted by Crippen LogP contribution is -1.74. The van der Waals surface area contributed by atoms with E-state index >= 15 is 0 Å². The van der Waals surface area contributed by atoms with Crippen LogP contribution in [0.15, 0.2) is 81.3 Å². The van der Waals surface area contributed by atoms with E-state index in [1.807, 2.05) is 47.2 Å². The fourth-order valence-corrected chi connectivity index (χ4v) is 2.78. The second-order valence-corrected chi connectivity index (χ2v) is 5.28. The number of aldehydes is 2. The lowest BCUT2D eigenvalue weighted by molar-refractivity contribution is -0.104. The van der Waals surface area contributed by atoms with E-state index in [-0.39, 0.29) is 0 Å². The van der Waals surface area contributed by atoms with Gasteiger partial charge in [0.2, 0.25) is 0 Å². The molecule has 0 saturated carbocycles. The first kappa shape index (κ1) is 16.3. The Morgan fingerprint density at radius 2 is 1.10 bits per heavy atom. The van der Waals surface area contributed by atoms with Gasteiger partial charge in [-0.15, -0.1) is 0 Å². The van der Waals surface area contributed by atoms with E-state index in [0.29, 0.717) is 0 Å². The first-order chi connectivity index (χ1) is 9.88. The van der Waals surface area contributed by atoms with Crippen LogP contribution >= 0.6 is 23.5 Å². The summed E-state index contributed by atoms with van der Waals surface area (Å²) in [4.78, 5) is 22.5. The van der Waals surface area contributed by atoms with Crippen LogP contribution in [0.2, 0.25) is 0 Å². The molecule has 102 valence electrons. The summed E-state index contributed by atoms with van der Waals surface area (Å²) in [5, 5.41) is 3.85. The zero-order valence-corrected chi connectivity index (χ0v) is 12.3. The second kappa shape index (κ2) is 11.1. The van der Waals surface area contributed by atoms with Crippen LogP contribution in [0.3, 0.4) is 0 Å². The van der Waals surface area contributed by atoms with Crippen LogP contribution < -0.4 is 0 Å². The lowest BCUT2D eigenvalue weighted by atomic mass is 10.4. The quantitative estimate of drug-likeness (QED) is 0.308. The van der Waals surface area contributed by atoms with Crippen LogP contribution in [0, 0.1) is 0 Å². The summed E-state index contributed by atoms with van der Waals surface area (Å²) >= 11 is 3.18. The SMILES string of the molecule is O=C/C=C/C=C/Sc1ccccc1S/C=C/C=C/C=O. The second-order valence-electron chi connectivity index (χ2n) is 3.38. The summed E-state index contributed by atoms with van der Waals surface area (Å²) in [5.74, 6) is 0. The topological polar surface area (TPSA) is 34.1 Å². The van der Waals surface area contributed by atoms with Gasteiger partial charge in [-0.05, 0) is 35.1 Å². The predicted molar refractivity (Wildman–Crippen MR) is 86.8 cm³/mol. The van der Waals surface area contributed by atoms with E-state index in [4.69, 9.17) is 0 Å². The number of hydrogen-bond donors (Lipinski definition) is 0. The first-order valence-electron chi connectivity index (χ1n) is 5.85.